The second-order valence-electron chi connectivity index (χ2n) is 4.18. The van der Waals surface area contributed by atoms with Crippen molar-refractivity contribution in [1.29, 1.82) is 0 Å². The monoisotopic (exact) mass is 307 g/mol. The summed E-state index contributed by atoms with van der Waals surface area (Å²) in [7, 11) is 0. The zero-order valence-corrected chi connectivity index (χ0v) is 11.1. The Bertz CT molecular complexity index is 571. The van der Waals surface area contributed by atoms with Gasteiger partial charge in [-0.25, -0.2) is 4.39 Å². The van der Waals surface area contributed by atoms with Crippen molar-refractivity contribution in [3.05, 3.63) is 58.3 Å². The molecule has 92 valence electrons. The molecule has 4 heteroatoms. The van der Waals surface area contributed by atoms with E-state index in [9.17, 15) is 4.39 Å². The first-order valence-electron chi connectivity index (χ1n) is 5.68. The van der Waals surface area contributed by atoms with Crippen LogP contribution in [0.5, 0.6) is 5.75 Å². The Kier molecular flexibility index (Phi) is 2.96. The van der Waals surface area contributed by atoms with Gasteiger partial charge < -0.3 is 10.1 Å². The normalized spacial score (nSPS) is 17.6. The Balaban J connectivity index is 1.86. The van der Waals surface area contributed by atoms with E-state index in [1.807, 2.05) is 18.2 Å². The molecule has 1 N–H and O–H groups in total. The minimum atomic E-state index is -0.230. The van der Waals surface area contributed by atoms with E-state index in [2.05, 4.69) is 21.2 Å². The maximum atomic E-state index is 12.9. The summed E-state index contributed by atoms with van der Waals surface area (Å²) < 4.78 is 19.8. The number of anilines is 1. The van der Waals surface area contributed by atoms with Crippen molar-refractivity contribution in [3.8, 4) is 5.75 Å². The summed E-state index contributed by atoms with van der Waals surface area (Å²) in [5, 5.41) is 3.32. The summed E-state index contributed by atoms with van der Waals surface area (Å²) in [4.78, 5) is 0. The van der Waals surface area contributed by atoms with Crippen LogP contribution in [0.3, 0.4) is 0 Å². The van der Waals surface area contributed by atoms with Crippen LogP contribution >= 0.6 is 15.9 Å². The standard InChI is InChI=1S/C14H11BrFNO/c15-10-3-6-13-12(7-10)17-8-14(18-13)9-1-4-11(16)5-2-9/h1-7,14,17H,8H2. The van der Waals surface area contributed by atoms with Crippen molar-refractivity contribution in [2.45, 2.75) is 6.10 Å². The van der Waals surface area contributed by atoms with Crippen LogP contribution in [0.1, 0.15) is 11.7 Å². The van der Waals surface area contributed by atoms with Gasteiger partial charge in [0.05, 0.1) is 12.2 Å². The molecule has 0 saturated carbocycles. The summed E-state index contributed by atoms with van der Waals surface area (Å²) in [6, 6.07) is 12.3. The van der Waals surface area contributed by atoms with Gasteiger partial charge in [0.15, 0.2) is 0 Å². The molecule has 0 radical (unpaired) electrons. The van der Waals surface area contributed by atoms with Crippen molar-refractivity contribution in [2.75, 3.05) is 11.9 Å². The molecule has 2 nitrogen and oxygen atoms in total. The lowest BCUT2D eigenvalue weighted by Crippen LogP contribution is -2.23. The lowest BCUT2D eigenvalue weighted by Gasteiger charge is -2.27. The lowest BCUT2D eigenvalue weighted by molar-refractivity contribution is 0.210. The molecule has 0 aliphatic carbocycles. The third-order valence-corrected chi connectivity index (χ3v) is 3.42. The van der Waals surface area contributed by atoms with E-state index in [-0.39, 0.29) is 11.9 Å². The van der Waals surface area contributed by atoms with Crippen molar-refractivity contribution < 1.29 is 9.13 Å². The molecule has 1 atom stereocenters. The van der Waals surface area contributed by atoms with Gasteiger partial charge in [-0.1, -0.05) is 28.1 Å². The van der Waals surface area contributed by atoms with E-state index >= 15 is 0 Å². The zero-order chi connectivity index (χ0) is 12.5. The first-order chi connectivity index (χ1) is 8.72. The molecule has 0 aromatic heterocycles. The molecular formula is C14H11BrFNO. The van der Waals surface area contributed by atoms with E-state index in [0.717, 1.165) is 21.5 Å². The maximum absolute atomic E-state index is 12.9. The van der Waals surface area contributed by atoms with Gasteiger partial charge in [-0.3, -0.25) is 0 Å². The van der Waals surface area contributed by atoms with Crippen LogP contribution in [0.2, 0.25) is 0 Å². The van der Waals surface area contributed by atoms with Crippen molar-refractivity contribution in [3.63, 3.8) is 0 Å². The summed E-state index contributed by atoms with van der Waals surface area (Å²) in [6.07, 6.45) is -0.0840. The van der Waals surface area contributed by atoms with Crippen molar-refractivity contribution >= 4 is 21.6 Å². The van der Waals surface area contributed by atoms with Crippen LogP contribution in [-0.4, -0.2) is 6.54 Å². The van der Waals surface area contributed by atoms with Crippen LogP contribution in [-0.2, 0) is 0 Å². The first-order valence-corrected chi connectivity index (χ1v) is 6.47. The molecule has 18 heavy (non-hydrogen) atoms. The Morgan fingerprint density at radius 2 is 1.94 bits per heavy atom. The van der Waals surface area contributed by atoms with Gasteiger partial charge in [-0.15, -0.1) is 0 Å². The molecule has 2 aromatic rings. The fourth-order valence-electron chi connectivity index (χ4n) is 2.00. The average Bonchev–Trinajstić information content (AvgIpc) is 2.39. The average molecular weight is 308 g/mol. The quantitative estimate of drug-likeness (QED) is 0.855. The van der Waals surface area contributed by atoms with E-state index in [0.29, 0.717) is 6.54 Å². The largest absolute Gasteiger partial charge is 0.482 e. The number of nitrogens with one attached hydrogen (secondary N) is 1. The second kappa shape index (κ2) is 4.61. The van der Waals surface area contributed by atoms with Crippen LogP contribution in [0, 0.1) is 5.82 Å². The molecular weight excluding hydrogens is 297 g/mol. The maximum Gasteiger partial charge on any atom is 0.143 e. The smallest absolute Gasteiger partial charge is 0.143 e. The molecule has 0 saturated heterocycles. The molecule has 0 bridgehead atoms. The van der Waals surface area contributed by atoms with E-state index in [1.54, 1.807) is 12.1 Å². The van der Waals surface area contributed by atoms with E-state index < -0.39 is 0 Å². The summed E-state index contributed by atoms with van der Waals surface area (Å²) in [5.74, 6) is 0.589. The van der Waals surface area contributed by atoms with Crippen molar-refractivity contribution in [1.82, 2.24) is 0 Å². The zero-order valence-electron chi connectivity index (χ0n) is 9.49. The summed E-state index contributed by atoms with van der Waals surface area (Å²) >= 11 is 3.42. The third kappa shape index (κ3) is 2.20. The molecule has 2 aromatic carbocycles. The van der Waals surface area contributed by atoms with Crippen LogP contribution in [0.15, 0.2) is 46.9 Å². The summed E-state index contributed by atoms with van der Waals surface area (Å²) in [5.41, 5.74) is 1.94. The molecule has 1 unspecified atom stereocenters. The Morgan fingerprint density at radius 3 is 2.72 bits per heavy atom. The number of hydrogen-bond donors (Lipinski definition) is 1. The minimum Gasteiger partial charge on any atom is -0.482 e. The Morgan fingerprint density at radius 1 is 1.17 bits per heavy atom. The molecule has 1 aliphatic heterocycles. The molecule has 3 rings (SSSR count). The topological polar surface area (TPSA) is 21.3 Å². The number of fused-ring (bicyclic) bond motifs is 1. The number of halogens is 2. The van der Waals surface area contributed by atoms with E-state index in [4.69, 9.17) is 4.74 Å². The summed E-state index contributed by atoms with van der Waals surface area (Å²) in [6.45, 7) is 0.676. The minimum absolute atomic E-state index is 0.0840. The highest BCUT2D eigenvalue weighted by molar-refractivity contribution is 9.10. The van der Waals surface area contributed by atoms with Crippen LogP contribution < -0.4 is 10.1 Å². The van der Waals surface area contributed by atoms with E-state index in [1.165, 1.54) is 12.1 Å². The molecule has 0 spiro atoms. The van der Waals surface area contributed by atoms with Crippen LogP contribution in [0.4, 0.5) is 10.1 Å². The highest BCUT2D eigenvalue weighted by Gasteiger charge is 2.20. The number of benzene rings is 2. The van der Waals surface area contributed by atoms with Gasteiger partial charge in [0.2, 0.25) is 0 Å². The predicted molar refractivity (Wildman–Crippen MR) is 72.4 cm³/mol. The molecule has 0 fully saturated rings. The van der Waals surface area contributed by atoms with Crippen LogP contribution in [0.25, 0.3) is 0 Å². The SMILES string of the molecule is Fc1ccc(C2CNc3cc(Br)ccc3O2)cc1. The predicted octanol–water partition coefficient (Wildman–Crippen LogP) is 4.13. The molecule has 1 heterocycles. The first kappa shape index (κ1) is 11.5. The highest BCUT2D eigenvalue weighted by Crippen LogP contribution is 2.35. The third-order valence-electron chi connectivity index (χ3n) is 2.93. The second-order valence-corrected chi connectivity index (χ2v) is 5.10. The number of hydrogen-bond acceptors (Lipinski definition) is 2. The Labute approximate surface area is 113 Å². The van der Waals surface area contributed by atoms with Gasteiger partial charge in [-0.05, 0) is 35.9 Å². The fraction of sp³-hybridized carbons (Fsp3) is 0.143. The fourth-order valence-corrected chi connectivity index (χ4v) is 2.37. The van der Waals surface area contributed by atoms with Gasteiger partial charge >= 0.3 is 0 Å². The Hall–Kier alpha value is -1.55. The lowest BCUT2D eigenvalue weighted by atomic mass is 10.1. The van der Waals surface area contributed by atoms with Gasteiger partial charge in [0, 0.05) is 4.47 Å². The molecule has 1 aliphatic rings. The van der Waals surface area contributed by atoms with Crippen molar-refractivity contribution in [2.24, 2.45) is 0 Å². The number of ether oxygens (including phenoxy) is 1. The highest BCUT2D eigenvalue weighted by atomic mass is 79.9. The number of rotatable bonds is 1. The van der Waals surface area contributed by atoms with Gasteiger partial charge in [-0.2, -0.15) is 0 Å². The van der Waals surface area contributed by atoms with Gasteiger partial charge in [0.25, 0.3) is 0 Å². The van der Waals surface area contributed by atoms with Gasteiger partial charge in [0.1, 0.15) is 17.7 Å². The molecule has 0 amide bonds.